The van der Waals surface area contributed by atoms with Crippen LogP contribution in [0.5, 0.6) is 11.5 Å². The highest BCUT2D eigenvalue weighted by atomic mass is 35.5. The van der Waals surface area contributed by atoms with Crippen molar-refractivity contribution < 1.29 is 28.7 Å². The van der Waals surface area contributed by atoms with E-state index >= 15 is 0 Å². The maximum absolute atomic E-state index is 13.2. The Labute approximate surface area is 239 Å². The average Bonchev–Trinajstić information content (AvgIpc) is 2.91. The molecule has 1 aliphatic heterocycles. The Bertz CT molecular complexity index is 1220. The van der Waals surface area contributed by atoms with Crippen molar-refractivity contribution in [3.8, 4) is 11.5 Å². The van der Waals surface area contributed by atoms with E-state index in [-0.39, 0.29) is 50.1 Å². The number of nitrogens with zero attached hydrogens (tertiary/aromatic N) is 1. The fraction of sp³-hybridized carbons (Fsp3) is 0.448. The van der Waals surface area contributed by atoms with Crippen molar-refractivity contribution in [1.29, 1.82) is 0 Å². The summed E-state index contributed by atoms with van der Waals surface area (Å²) in [5, 5.41) is 8.77. The second-order valence-corrected chi connectivity index (χ2v) is 10.5. The van der Waals surface area contributed by atoms with Crippen molar-refractivity contribution in [2.45, 2.75) is 45.7 Å². The highest BCUT2D eigenvalue weighted by molar-refractivity contribution is 6.31. The molecule has 1 aliphatic rings. The maximum Gasteiger partial charge on any atom is 0.255 e. The fourth-order valence-corrected chi connectivity index (χ4v) is 4.32. The topological polar surface area (TPSA) is 126 Å². The van der Waals surface area contributed by atoms with E-state index in [2.05, 4.69) is 16.0 Å². The van der Waals surface area contributed by atoms with Gasteiger partial charge in [-0.3, -0.25) is 19.2 Å². The minimum atomic E-state index is -1.20. The molecule has 0 saturated carbocycles. The zero-order valence-electron chi connectivity index (χ0n) is 23.3. The summed E-state index contributed by atoms with van der Waals surface area (Å²) >= 11 is 6.05. The molecule has 0 fully saturated rings. The van der Waals surface area contributed by atoms with E-state index in [9.17, 15) is 19.2 Å². The summed E-state index contributed by atoms with van der Waals surface area (Å²) in [4.78, 5) is 54.0. The second-order valence-electron chi connectivity index (χ2n) is 10.1. The zero-order valence-corrected chi connectivity index (χ0v) is 24.0. The van der Waals surface area contributed by atoms with Crippen LogP contribution in [0.25, 0.3) is 0 Å². The number of fused-ring (bicyclic) bond motifs is 1. The molecule has 10 nitrogen and oxygen atoms in total. The molecule has 3 rings (SSSR count). The van der Waals surface area contributed by atoms with Gasteiger partial charge in [-0.15, -0.1) is 0 Å². The lowest BCUT2D eigenvalue weighted by molar-refractivity contribution is -0.136. The van der Waals surface area contributed by atoms with Gasteiger partial charge in [0.25, 0.3) is 5.91 Å². The molecule has 40 heavy (non-hydrogen) atoms. The molecule has 0 bridgehead atoms. The molecule has 11 heteroatoms. The van der Waals surface area contributed by atoms with E-state index < -0.39 is 29.8 Å². The predicted octanol–water partition coefficient (Wildman–Crippen LogP) is 2.71. The Morgan fingerprint density at radius 2 is 1.93 bits per heavy atom. The molecule has 0 unspecified atom stereocenters. The van der Waals surface area contributed by atoms with Crippen LogP contribution in [0.3, 0.4) is 0 Å². The van der Waals surface area contributed by atoms with Gasteiger partial charge in [0.1, 0.15) is 36.8 Å². The lowest BCUT2D eigenvalue weighted by atomic mass is 10.0. The van der Waals surface area contributed by atoms with Gasteiger partial charge >= 0.3 is 0 Å². The van der Waals surface area contributed by atoms with Crippen LogP contribution in [0, 0.1) is 12.8 Å². The summed E-state index contributed by atoms with van der Waals surface area (Å²) < 4.78 is 11.5. The predicted molar refractivity (Wildman–Crippen MR) is 152 cm³/mol. The number of carbonyl (C=O) groups excluding carboxylic acids is 4. The average molecular weight is 573 g/mol. The Balaban J connectivity index is 1.76. The highest BCUT2D eigenvalue weighted by Crippen LogP contribution is 2.21. The van der Waals surface area contributed by atoms with Crippen molar-refractivity contribution >= 4 is 35.2 Å². The Morgan fingerprint density at radius 1 is 1.18 bits per heavy atom. The lowest BCUT2D eigenvalue weighted by Gasteiger charge is -2.27. The third-order valence-electron chi connectivity index (χ3n) is 6.34. The monoisotopic (exact) mass is 572 g/mol. The third-order valence-corrected chi connectivity index (χ3v) is 6.77. The van der Waals surface area contributed by atoms with Crippen LogP contribution in [0.4, 0.5) is 0 Å². The number of nitrogens with one attached hydrogen (secondary N) is 3. The van der Waals surface area contributed by atoms with Gasteiger partial charge < -0.3 is 30.3 Å². The van der Waals surface area contributed by atoms with Gasteiger partial charge in [0, 0.05) is 12.1 Å². The molecule has 0 saturated heterocycles. The normalized spacial score (nSPS) is 18.6. The first kappa shape index (κ1) is 30.7. The smallest absolute Gasteiger partial charge is 0.255 e. The molecule has 4 amide bonds. The molecule has 0 spiro atoms. The molecule has 216 valence electrons. The van der Waals surface area contributed by atoms with Crippen LogP contribution >= 0.6 is 11.6 Å². The van der Waals surface area contributed by atoms with Crippen molar-refractivity contribution in [3.63, 3.8) is 0 Å². The summed E-state index contributed by atoms with van der Waals surface area (Å²) in [6.45, 7) is 6.47. The van der Waals surface area contributed by atoms with E-state index in [4.69, 9.17) is 21.1 Å². The molecule has 2 aromatic rings. The maximum atomic E-state index is 13.2. The van der Waals surface area contributed by atoms with Gasteiger partial charge in [0.15, 0.2) is 0 Å². The number of rotatable bonds is 7. The van der Waals surface area contributed by atoms with Gasteiger partial charge in [0.2, 0.25) is 17.7 Å². The number of benzene rings is 2. The van der Waals surface area contributed by atoms with Gasteiger partial charge in [-0.05, 0) is 55.2 Å². The van der Waals surface area contributed by atoms with Crippen LogP contribution in [0.2, 0.25) is 5.02 Å². The van der Waals surface area contributed by atoms with Gasteiger partial charge in [0.05, 0.1) is 25.1 Å². The number of hydrogen-bond donors (Lipinski definition) is 3. The SMILES string of the molecule is Cc1cc(OCCNC(=O)[C@@H]2CC(=O)N[C@@H](CC(C)C)C(=O)N(C)CCOc3ccccc3C(=O)N2)ccc1Cl. The van der Waals surface area contributed by atoms with Crippen molar-refractivity contribution in [3.05, 3.63) is 58.6 Å². The molecule has 0 aromatic heterocycles. The Hall–Kier alpha value is -3.79. The summed E-state index contributed by atoms with van der Waals surface area (Å²) in [6.07, 6.45) is 0.0623. The molecule has 1 heterocycles. The molecule has 2 aromatic carbocycles. The standard InChI is InChI=1S/C29H37ClN4O6/c1-18(2)15-24-29(38)34(4)12-14-40-25-8-6-5-7-21(25)27(36)33-23(17-26(35)32-24)28(37)31-11-13-39-20-9-10-22(30)19(3)16-20/h5-10,16,18,23-24H,11-15,17H2,1-4H3,(H,31,37)(H,32,35)(H,33,36)/t23-,24-/m0/s1. The largest absolute Gasteiger partial charge is 0.492 e. The zero-order chi connectivity index (χ0) is 29.2. The molecule has 2 atom stereocenters. The van der Waals surface area contributed by atoms with Crippen LogP contribution < -0.4 is 25.4 Å². The van der Waals surface area contributed by atoms with Gasteiger partial charge in [-0.2, -0.15) is 0 Å². The first-order valence-corrected chi connectivity index (χ1v) is 13.7. The molecule has 3 N–H and O–H groups in total. The lowest BCUT2D eigenvalue weighted by Crippen LogP contribution is -2.53. The second kappa shape index (κ2) is 14.6. The highest BCUT2D eigenvalue weighted by Gasteiger charge is 2.30. The van der Waals surface area contributed by atoms with E-state index in [0.717, 1.165) is 5.56 Å². The van der Waals surface area contributed by atoms with Crippen LogP contribution in [-0.4, -0.2) is 74.0 Å². The van der Waals surface area contributed by atoms with Crippen molar-refractivity contribution in [1.82, 2.24) is 20.9 Å². The summed E-state index contributed by atoms with van der Waals surface area (Å²) in [5.74, 6) is -0.854. The Kier molecular flexibility index (Phi) is 11.2. The number of halogens is 1. The summed E-state index contributed by atoms with van der Waals surface area (Å²) in [5.41, 5.74) is 1.08. The minimum Gasteiger partial charge on any atom is -0.492 e. The Morgan fingerprint density at radius 3 is 2.65 bits per heavy atom. The fourth-order valence-electron chi connectivity index (χ4n) is 4.20. The van der Waals surface area contributed by atoms with E-state index in [1.807, 2.05) is 20.8 Å². The van der Waals surface area contributed by atoms with Gasteiger partial charge in [-0.1, -0.05) is 37.6 Å². The van der Waals surface area contributed by atoms with Crippen LogP contribution in [0.1, 0.15) is 42.6 Å². The first-order chi connectivity index (χ1) is 19.0. The number of carbonyl (C=O) groups is 4. The van der Waals surface area contributed by atoms with E-state index in [1.165, 1.54) is 4.90 Å². The quantitative estimate of drug-likeness (QED) is 0.438. The summed E-state index contributed by atoms with van der Waals surface area (Å²) in [6, 6.07) is 9.88. The number of ether oxygens (including phenoxy) is 2. The molecule has 0 aliphatic carbocycles. The number of aryl methyl sites for hydroxylation is 1. The number of likely N-dealkylation sites (N-methyl/N-ethyl adjacent to an activating group) is 1. The minimum absolute atomic E-state index is 0.132. The summed E-state index contributed by atoms with van der Waals surface area (Å²) in [7, 11) is 1.64. The van der Waals surface area contributed by atoms with E-state index in [1.54, 1.807) is 49.5 Å². The van der Waals surface area contributed by atoms with Crippen LogP contribution in [-0.2, 0) is 14.4 Å². The number of hydrogen-bond acceptors (Lipinski definition) is 6. The van der Waals surface area contributed by atoms with E-state index in [0.29, 0.717) is 22.9 Å². The number of para-hydroxylation sites is 1. The number of amides is 4. The van der Waals surface area contributed by atoms with Crippen molar-refractivity contribution in [2.24, 2.45) is 5.92 Å². The molecular formula is C29H37ClN4O6. The van der Waals surface area contributed by atoms with Crippen molar-refractivity contribution in [2.75, 3.05) is 33.4 Å². The molecular weight excluding hydrogens is 536 g/mol. The first-order valence-electron chi connectivity index (χ1n) is 13.3. The molecule has 0 radical (unpaired) electrons. The van der Waals surface area contributed by atoms with Crippen LogP contribution in [0.15, 0.2) is 42.5 Å². The third kappa shape index (κ3) is 8.87. The van der Waals surface area contributed by atoms with Gasteiger partial charge in [-0.25, -0.2) is 0 Å².